The number of fused-ring (bicyclic) bond motifs is 1. The van der Waals surface area contributed by atoms with Gasteiger partial charge in [-0.15, -0.1) is 0 Å². The minimum atomic E-state index is -1.12. The van der Waals surface area contributed by atoms with Crippen LogP contribution in [0.2, 0.25) is 5.02 Å². The highest BCUT2D eigenvalue weighted by molar-refractivity contribution is 6.35. The first-order valence-electron chi connectivity index (χ1n) is 5.44. The monoisotopic (exact) mass is 299 g/mol. The van der Waals surface area contributed by atoms with Crippen LogP contribution in [0.1, 0.15) is 5.69 Å². The van der Waals surface area contributed by atoms with Crippen molar-refractivity contribution in [3.63, 3.8) is 0 Å². The number of ether oxygens (including phenoxy) is 1. The lowest BCUT2D eigenvalue weighted by molar-refractivity contribution is 0.152. The topological polar surface area (TPSA) is 81.0 Å². The van der Waals surface area contributed by atoms with Crippen molar-refractivity contribution < 1.29 is 18.3 Å². The number of carbonyl (C=O) groups excluding carboxylic acids is 1. The number of halogens is 3. The molecule has 0 atom stereocenters. The third-order valence-electron chi connectivity index (χ3n) is 2.70. The van der Waals surface area contributed by atoms with E-state index in [1.54, 1.807) is 0 Å². The zero-order valence-electron chi connectivity index (χ0n) is 9.99. The molecule has 104 valence electrons. The van der Waals surface area contributed by atoms with Crippen molar-refractivity contribution >= 4 is 28.6 Å². The molecule has 20 heavy (non-hydrogen) atoms. The highest BCUT2D eigenvalue weighted by atomic mass is 35.5. The van der Waals surface area contributed by atoms with Crippen LogP contribution in [0.25, 0.3) is 10.9 Å². The van der Waals surface area contributed by atoms with Gasteiger partial charge in [0.15, 0.2) is 11.6 Å². The summed E-state index contributed by atoms with van der Waals surface area (Å²) in [5, 5.41) is 9.22. The predicted octanol–water partition coefficient (Wildman–Crippen LogP) is 2.54. The summed E-state index contributed by atoms with van der Waals surface area (Å²) in [6.07, 6.45) is -0.996. The number of hydrogen-bond donors (Lipinski definition) is 1. The van der Waals surface area contributed by atoms with Crippen LogP contribution >= 0.6 is 11.6 Å². The van der Waals surface area contributed by atoms with E-state index in [2.05, 4.69) is 4.74 Å². The largest absolute Gasteiger partial charge is 0.448 e. The Morgan fingerprint density at radius 2 is 2.20 bits per heavy atom. The summed E-state index contributed by atoms with van der Waals surface area (Å²) in [6.45, 7) is -0.229. The summed E-state index contributed by atoms with van der Waals surface area (Å²) < 4.78 is 33.0. The lowest BCUT2D eigenvalue weighted by Crippen LogP contribution is -2.17. The van der Waals surface area contributed by atoms with Crippen molar-refractivity contribution in [2.45, 2.75) is 6.54 Å². The van der Waals surface area contributed by atoms with Crippen LogP contribution < -0.4 is 5.73 Å². The maximum atomic E-state index is 13.9. The van der Waals surface area contributed by atoms with Crippen LogP contribution in [0.15, 0.2) is 12.1 Å². The van der Waals surface area contributed by atoms with Gasteiger partial charge >= 0.3 is 6.09 Å². The van der Waals surface area contributed by atoms with E-state index in [0.29, 0.717) is 0 Å². The number of hydrogen-bond acceptors (Lipinski definition) is 3. The molecule has 1 aromatic carbocycles. The molecule has 2 rings (SSSR count). The number of aromatic nitrogens is 1. The molecular formula is C12H8ClF2N3O2. The van der Waals surface area contributed by atoms with Crippen LogP contribution in [-0.4, -0.2) is 17.3 Å². The van der Waals surface area contributed by atoms with Crippen molar-refractivity contribution in [3.8, 4) is 6.07 Å². The predicted molar refractivity (Wildman–Crippen MR) is 67.1 cm³/mol. The summed E-state index contributed by atoms with van der Waals surface area (Å²) in [6, 6.07) is 4.02. The molecule has 0 saturated heterocycles. The molecule has 0 unspecified atom stereocenters. The van der Waals surface area contributed by atoms with E-state index >= 15 is 0 Å². The first-order chi connectivity index (χ1) is 9.45. The van der Waals surface area contributed by atoms with Gasteiger partial charge in [-0.2, -0.15) is 5.26 Å². The fraction of sp³-hybridized carbons (Fsp3) is 0.167. The Morgan fingerprint density at radius 3 is 2.80 bits per heavy atom. The van der Waals surface area contributed by atoms with E-state index in [1.165, 1.54) is 10.6 Å². The van der Waals surface area contributed by atoms with E-state index < -0.39 is 17.7 Å². The molecular weight excluding hydrogens is 292 g/mol. The first kappa shape index (κ1) is 14.1. The molecule has 0 aliphatic carbocycles. The van der Waals surface area contributed by atoms with Gasteiger partial charge in [0.1, 0.15) is 18.4 Å². The van der Waals surface area contributed by atoms with Gasteiger partial charge in [0.25, 0.3) is 0 Å². The van der Waals surface area contributed by atoms with Gasteiger partial charge in [0.05, 0.1) is 17.1 Å². The van der Waals surface area contributed by atoms with E-state index in [0.717, 1.165) is 6.07 Å². The minimum Gasteiger partial charge on any atom is -0.448 e. The van der Waals surface area contributed by atoms with Gasteiger partial charge in [0, 0.05) is 5.39 Å². The van der Waals surface area contributed by atoms with Crippen molar-refractivity contribution in [1.82, 2.24) is 4.57 Å². The Hall–Kier alpha value is -2.33. The number of benzene rings is 1. The quantitative estimate of drug-likeness (QED) is 0.884. The second kappa shape index (κ2) is 5.35. The normalized spacial score (nSPS) is 10.5. The van der Waals surface area contributed by atoms with Gasteiger partial charge < -0.3 is 15.0 Å². The average Bonchev–Trinajstić information content (AvgIpc) is 2.75. The van der Waals surface area contributed by atoms with E-state index in [9.17, 15) is 13.6 Å². The number of amides is 1. The molecule has 0 aliphatic heterocycles. The maximum Gasteiger partial charge on any atom is 0.404 e. The number of nitrogens with zero attached hydrogens (tertiary/aromatic N) is 2. The third kappa shape index (κ3) is 2.38. The van der Waals surface area contributed by atoms with Gasteiger partial charge in [-0.05, 0) is 12.1 Å². The Bertz CT molecular complexity index is 737. The van der Waals surface area contributed by atoms with Gasteiger partial charge in [-0.1, -0.05) is 11.6 Å². The molecule has 5 nitrogen and oxygen atoms in total. The van der Waals surface area contributed by atoms with Crippen LogP contribution in [0.5, 0.6) is 0 Å². The average molecular weight is 300 g/mol. The number of nitriles is 1. The molecule has 0 radical (unpaired) electrons. The van der Waals surface area contributed by atoms with Crippen molar-refractivity contribution in [3.05, 3.63) is 34.5 Å². The lowest BCUT2D eigenvalue weighted by atomic mass is 10.2. The van der Waals surface area contributed by atoms with E-state index in [4.69, 9.17) is 22.6 Å². The second-order valence-corrected chi connectivity index (χ2v) is 4.28. The van der Waals surface area contributed by atoms with Crippen molar-refractivity contribution in [2.75, 3.05) is 6.61 Å². The number of rotatable bonds is 3. The summed E-state index contributed by atoms with van der Waals surface area (Å²) >= 11 is 5.83. The standard InChI is InChI=1S/C12H8ClF2N3O2/c13-8-4-9(14)10(15)11-7(8)3-6(5-16)18(11)1-2-20-12(17)19/h3-4H,1-2H2,(H2,17,19). The molecule has 1 amide bonds. The summed E-state index contributed by atoms with van der Waals surface area (Å²) in [5.41, 5.74) is 4.72. The third-order valence-corrected chi connectivity index (χ3v) is 3.01. The fourth-order valence-corrected chi connectivity index (χ4v) is 2.14. The van der Waals surface area contributed by atoms with E-state index in [1.807, 2.05) is 6.07 Å². The second-order valence-electron chi connectivity index (χ2n) is 3.88. The summed E-state index contributed by atoms with van der Waals surface area (Å²) in [7, 11) is 0. The molecule has 0 spiro atoms. The lowest BCUT2D eigenvalue weighted by Gasteiger charge is -2.08. The fourth-order valence-electron chi connectivity index (χ4n) is 1.90. The zero-order valence-corrected chi connectivity index (χ0v) is 10.7. The number of primary amides is 1. The molecule has 0 fully saturated rings. The maximum absolute atomic E-state index is 13.9. The van der Waals surface area contributed by atoms with Crippen LogP contribution in [-0.2, 0) is 11.3 Å². The molecule has 0 saturated carbocycles. The smallest absolute Gasteiger partial charge is 0.404 e. The van der Waals surface area contributed by atoms with Crippen molar-refractivity contribution in [1.29, 1.82) is 5.26 Å². The van der Waals surface area contributed by atoms with Gasteiger partial charge in [0.2, 0.25) is 0 Å². The highest BCUT2D eigenvalue weighted by Gasteiger charge is 2.18. The number of carbonyl (C=O) groups is 1. The van der Waals surface area contributed by atoms with Crippen LogP contribution in [0.4, 0.5) is 13.6 Å². The zero-order chi connectivity index (χ0) is 14.9. The van der Waals surface area contributed by atoms with Gasteiger partial charge in [-0.25, -0.2) is 13.6 Å². The summed E-state index contributed by atoms with van der Waals surface area (Å²) in [5.74, 6) is -2.24. The highest BCUT2D eigenvalue weighted by Crippen LogP contribution is 2.30. The Balaban J connectivity index is 2.56. The molecule has 2 N–H and O–H groups in total. The number of nitrogens with two attached hydrogens (primary N) is 1. The first-order valence-corrected chi connectivity index (χ1v) is 5.82. The van der Waals surface area contributed by atoms with Crippen LogP contribution in [0, 0.1) is 23.0 Å². The minimum absolute atomic E-state index is 0.00929. The van der Waals surface area contributed by atoms with Crippen LogP contribution in [0.3, 0.4) is 0 Å². The SMILES string of the molecule is N#Cc1cc2c(Cl)cc(F)c(F)c2n1CCOC(N)=O. The molecule has 8 heteroatoms. The molecule has 1 heterocycles. The summed E-state index contributed by atoms with van der Waals surface area (Å²) in [4.78, 5) is 10.5. The molecule has 0 aliphatic rings. The molecule has 2 aromatic rings. The molecule has 1 aromatic heterocycles. The Kier molecular flexibility index (Phi) is 3.77. The van der Waals surface area contributed by atoms with Gasteiger partial charge in [-0.3, -0.25) is 0 Å². The van der Waals surface area contributed by atoms with Crippen molar-refractivity contribution in [2.24, 2.45) is 5.73 Å². The Morgan fingerprint density at radius 1 is 1.50 bits per heavy atom. The Labute approximate surface area is 117 Å². The molecule has 0 bridgehead atoms. The van der Waals surface area contributed by atoms with E-state index in [-0.39, 0.29) is 34.8 Å².